The van der Waals surface area contributed by atoms with Crippen molar-refractivity contribution in [1.82, 2.24) is 15.5 Å². The number of carbonyl (C=O) groups excluding carboxylic acids is 1. The second-order valence-corrected chi connectivity index (χ2v) is 9.10. The van der Waals surface area contributed by atoms with Gasteiger partial charge in [0.15, 0.2) is 5.96 Å². The fourth-order valence-corrected chi connectivity index (χ4v) is 3.10. The van der Waals surface area contributed by atoms with Gasteiger partial charge in [-0.3, -0.25) is 4.79 Å². The molecule has 0 saturated heterocycles. The Morgan fingerprint density at radius 1 is 1.21 bits per heavy atom. The monoisotopic (exact) mass is 416 g/mol. The molecule has 0 fully saturated rings. The maximum absolute atomic E-state index is 12.0. The third-order valence-electron chi connectivity index (χ3n) is 3.96. The number of nitrogens with one attached hydrogen (secondary N) is 2. The molecule has 0 bridgehead atoms. The van der Waals surface area contributed by atoms with Gasteiger partial charge in [0.25, 0.3) is 0 Å². The summed E-state index contributed by atoms with van der Waals surface area (Å²) in [4.78, 5) is 19.4. The van der Waals surface area contributed by atoms with Gasteiger partial charge in [-0.25, -0.2) is 4.99 Å². The number of amides is 1. The van der Waals surface area contributed by atoms with Gasteiger partial charge in [0.2, 0.25) is 5.91 Å². The SMILES string of the molecule is Cc1ccc(CN=C(NCC(=O)N(C)C)NCc2cccs2)c(OC(C)(C)C)c1. The fourth-order valence-electron chi connectivity index (χ4n) is 2.46. The number of likely N-dealkylation sites (N-methyl/N-ethyl adjacent to an activating group) is 1. The Balaban J connectivity index is 2.15. The minimum Gasteiger partial charge on any atom is -0.488 e. The number of benzene rings is 1. The molecule has 0 spiro atoms. The van der Waals surface area contributed by atoms with Crippen molar-refractivity contribution >= 4 is 23.2 Å². The van der Waals surface area contributed by atoms with Gasteiger partial charge in [0.05, 0.1) is 19.6 Å². The molecule has 158 valence electrons. The number of guanidine groups is 1. The van der Waals surface area contributed by atoms with Crippen molar-refractivity contribution in [1.29, 1.82) is 0 Å². The van der Waals surface area contributed by atoms with E-state index in [0.717, 1.165) is 16.9 Å². The lowest BCUT2D eigenvalue weighted by Crippen LogP contribution is -2.42. The molecule has 1 heterocycles. The van der Waals surface area contributed by atoms with E-state index in [0.29, 0.717) is 19.0 Å². The number of nitrogens with zero attached hydrogens (tertiary/aromatic N) is 2. The molecule has 29 heavy (non-hydrogen) atoms. The van der Waals surface area contributed by atoms with Gasteiger partial charge in [-0.1, -0.05) is 18.2 Å². The molecule has 2 aromatic rings. The van der Waals surface area contributed by atoms with Gasteiger partial charge < -0.3 is 20.3 Å². The van der Waals surface area contributed by atoms with Gasteiger partial charge in [0, 0.05) is 24.5 Å². The highest BCUT2D eigenvalue weighted by molar-refractivity contribution is 7.09. The molecule has 7 heteroatoms. The number of ether oxygens (including phenoxy) is 1. The molecule has 0 aliphatic rings. The molecule has 2 rings (SSSR count). The van der Waals surface area contributed by atoms with E-state index < -0.39 is 0 Å². The maximum Gasteiger partial charge on any atom is 0.241 e. The Labute approximate surface area is 178 Å². The quantitative estimate of drug-likeness (QED) is 0.535. The standard InChI is InChI=1S/C22H32N4O2S/c1-16-9-10-17(19(12-16)28-22(2,3)4)13-23-21(25-15-20(27)26(5)6)24-14-18-8-7-11-29-18/h7-12H,13-15H2,1-6H3,(H2,23,24,25). The predicted octanol–water partition coefficient (Wildman–Crippen LogP) is 3.56. The first-order valence-corrected chi connectivity index (χ1v) is 10.6. The average Bonchev–Trinajstić information content (AvgIpc) is 3.14. The lowest BCUT2D eigenvalue weighted by molar-refractivity contribution is -0.127. The second kappa shape index (κ2) is 10.3. The van der Waals surface area contributed by atoms with Crippen molar-refractivity contribution in [3.8, 4) is 5.75 Å². The highest BCUT2D eigenvalue weighted by Crippen LogP contribution is 2.25. The van der Waals surface area contributed by atoms with Crippen LogP contribution in [0.2, 0.25) is 0 Å². The van der Waals surface area contributed by atoms with E-state index in [1.165, 1.54) is 4.88 Å². The highest BCUT2D eigenvalue weighted by atomic mass is 32.1. The summed E-state index contributed by atoms with van der Waals surface area (Å²) in [5.41, 5.74) is 1.85. The van der Waals surface area contributed by atoms with E-state index in [1.807, 2.05) is 51.3 Å². The Kier molecular flexibility index (Phi) is 8.08. The zero-order valence-corrected chi connectivity index (χ0v) is 19.0. The summed E-state index contributed by atoms with van der Waals surface area (Å²) in [6.45, 7) is 9.43. The number of hydrogen-bond acceptors (Lipinski definition) is 4. The minimum atomic E-state index is -0.289. The third kappa shape index (κ3) is 8.15. The van der Waals surface area contributed by atoms with E-state index in [4.69, 9.17) is 9.73 Å². The summed E-state index contributed by atoms with van der Waals surface area (Å²) in [6.07, 6.45) is 0. The zero-order valence-electron chi connectivity index (χ0n) is 18.2. The molecule has 0 aliphatic heterocycles. The van der Waals surface area contributed by atoms with Gasteiger partial charge in [-0.2, -0.15) is 0 Å². The van der Waals surface area contributed by atoms with Crippen molar-refractivity contribution in [3.05, 3.63) is 51.7 Å². The Hall–Kier alpha value is -2.54. The topological polar surface area (TPSA) is 66.0 Å². The Bertz CT molecular complexity index is 824. The molecule has 1 aromatic carbocycles. The molecular weight excluding hydrogens is 384 g/mol. The predicted molar refractivity (Wildman–Crippen MR) is 121 cm³/mol. The van der Waals surface area contributed by atoms with Crippen LogP contribution in [0.25, 0.3) is 0 Å². The smallest absolute Gasteiger partial charge is 0.241 e. The van der Waals surface area contributed by atoms with Crippen LogP contribution >= 0.6 is 11.3 Å². The van der Waals surface area contributed by atoms with Crippen LogP contribution in [0.4, 0.5) is 0 Å². The molecule has 6 nitrogen and oxygen atoms in total. The van der Waals surface area contributed by atoms with Crippen molar-refractivity contribution in [2.45, 2.75) is 46.4 Å². The highest BCUT2D eigenvalue weighted by Gasteiger charge is 2.15. The van der Waals surface area contributed by atoms with Crippen molar-refractivity contribution < 1.29 is 9.53 Å². The van der Waals surface area contributed by atoms with Crippen LogP contribution in [0.3, 0.4) is 0 Å². The first kappa shape index (κ1) is 22.7. The van der Waals surface area contributed by atoms with Crippen LogP contribution in [-0.4, -0.2) is 43.0 Å². The van der Waals surface area contributed by atoms with Crippen molar-refractivity contribution in [2.24, 2.45) is 4.99 Å². The number of thiophene rings is 1. The third-order valence-corrected chi connectivity index (χ3v) is 4.84. The van der Waals surface area contributed by atoms with Gasteiger partial charge in [0.1, 0.15) is 11.4 Å². The summed E-state index contributed by atoms with van der Waals surface area (Å²) in [5.74, 6) is 1.42. The molecular formula is C22H32N4O2S. The first-order valence-electron chi connectivity index (χ1n) is 9.67. The Morgan fingerprint density at radius 3 is 2.59 bits per heavy atom. The fraction of sp³-hybridized carbons (Fsp3) is 0.455. The van der Waals surface area contributed by atoms with E-state index in [9.17, 15) is 4.79 Å². The largest absolute Gasteiger partial charge is 0.488 e. The summed E-state index contributed by atoms with van der Waals surface area (Å²) in [5, 5.41) is 8.47. The van der Waals surface area contributed by atoms with Crippen LogP contribution < -0.4 is 15.4 Å². The van der Waals surface area contributed by atoms with Gasteiger partial charge in [-0.05, 0) is 50.8 Å². The molecule has 0 saturated carbocycles. The normalized spacial score (nSPS) is 11.9. The van der Waals surface area contributed by atoms with Crippen LogP contribution in [-0.2, 0) is 17.9 Å². The summed E-state index contributed by atoms with van der Waals surface area (Å²) < 4.78 is 6.13. The number of rotatable bonds is 7. The zero-order chi connectivity index (χ0) is 21.4. The van der Waals surface area contributed by atoms with E-state index in [-0.39, 0.29) is 18.1 Å². The van der Waals surface area contributed by atoms with E-state index >= 15 is 0 Å². The summed E-state index contributed by atoms with van der Waals surface area (Å²) in [6, 6.07) is 10.2. The molecule has 0 aliphatic carbocycles. The van der Waals surface area contributed by atoms with E-state index in [1.54, 1.807) is 30.3 Å². The molecule has 0 unspecified atom stereocenters. The average molecular weight is 417 g/mol. The lowest BCUT2D eigenvalue weighted by atomic mass is 10.1. The Morgan fingerprint density at radius 2 is 1.97 bits per heavy atom. The van der Waals surface area contributed by atoms with E-state index in [2.05, 4.69) is 22.8 Å². The van der Waals surface area contributed by atoms with Crippen LogP contribution in [0.1, 0.15) is 36.8 Å². The van der Waals surface area contributed by atoms with Crippen molar-refractivity contribution in [3.63, 3.8) is 0 Å². The number of aliphatic imine (C=N–C) groups is 1. The number of hydrogen-bond donors (Lipinski definition) is 2. The maximum atomic E-state index is 12.0. The number of carbonyl (C=O) groups is 1. The number of aryl methyl sites for hydroxylation is 1. The van der Waals surface area contributed by atoms with Crippen LogP contribution in [0.15, 0.2) is 40.7 Å². The van der Waals surface area contributed by atoms with Gasteiger partial charge >= 0.3 is 0 Å². The minimum absolute atomic E-state index is 0.0114. The first-order chi connectivity index (χ1) is 13.6. The van der Waals surface area contributed by atoms with Crippen molar-refractivity contribution in [2.75, 3.05) is 20.6 Å². The van der Waals surface area contributed by atoms with Gasteiger partial charge in [-0.15, -0.1) is 11.3 Å². The van der Waals surface area contributed by atoms with Crippen LogP contribution in [0, 0.1) is 6.92 Å². The second-order valence-electron chi connectivity index (χ2n) is 8.07. The molecule has 0 radical (unpaired) electrons. The summed E-state index contributed by atoms with van der Waals surface area (Å²) in [7, 11) is 3.48. The molecule has 0 atom stereocenters. The molecule has 1 amide bonds. The lowest BCUT2D eigenvalue weighted by Gasteiger charge is -2.23. The summed E-state index contributed by atoms with van der Waals surface area (Å²) >= 11 is 1.68. The van der Waals surface area contributed by atoms with Crippen LogP contribution in [0.5, 0.6) is 5.75 Å². The molecule has 1 aromatic heterocycles. The molecule has 2 N–H and O–H groups in total.